The number of carboxylic acid groups (broad SMARTS) is 1. The van der Waals surface area contributed by atoms with Gasteiger partial charge in [0.2, 0.25) is 11.6 Å². The zero-order chi connectivity index (χ0) is 39.6. The van der Waals surface area contributed by atoms with E-state index in [0.29, 0.717) is 43.1 Å². The fourth-order valence-corrected chi connectivity index (χ4v) is 3.51. The summed E-state index contributed by atoms with van der Waals surface area (Å²) < 4.78 is 31.7. The maximum Gasteiger partial charge on any atom is 0.490 e. The molecule has 2 heterocycles. The van der Waals surface area contributed by atoms with Gasteiger partial charge in [0, 0.05) is 50.2 Å². The Labute approximate surface area is 297 Å². The molecule has 0 spiro atoms. The molecule has 51 heavy (non-hydrogen) atoms. The topological polar surface area (TPSA) is 225 Å². The number of nitriles is 2. The summed E-state index contributed by atoms with van der Waals surface area (Å²) in [6, 6.07) is 6.64. The number of amides is 4. The van der Waals surface area contributed by atoms with Crippen molar-refractivity contribution in [3.8, 4) is 12.1 Å². The second-order valence-corrected chi connectivity index (χ2v) is 11.2. The molecule has 2 aromatic heterocycles. The standard InChI is InChI=1S/C15H24N6O.C13H20N6O.C2HF3O2.C2H6/c1-5-6-12(4)18-15(22)20-21(10-11(2)3)14-7-8-17-13(9-16)19-14;1-4-6-16-13(20)18-19(9-10(2)3)12-5-7-15-11(8-14)17-12;3-2(4,5)1(6)7;1-2/h7-8,11-12H,5-6,10H2,1-4H3,(H2,18,20,22);5,7,10H,4,6,9H2,1-3H3,(H2,16,18,20);(H,6,7);1-2H3. The highest BCUT2D eigenvalue weighted by atomic mass is 19.4. The Kier molecular flexibility index (Phi) is 24.7. The number of nitrogens with zero attached hydrogens (tertiary/aromatic N) is 8. The average molecular weight is 725 g/mol. The number of urea groups is 2. The zero-order valence-electron chi connectivity index (χ0n) is 30.7. The predicted molar refractivity (Wildman–Crippen MR) is 186 cm³/mol. The molecule has 19 heteroatoms. The maximum absolute atomic E-state index is 12.1. The lowest BCUT2D eigenvalue weighted by molar-refractivity contribution is -0.192. The molecular formula is C32H51F3N12O4. The summed E-state index contributed by atoms with van der Waals surface area (Å²) in [6.45, 7) is 19.9. The fraction of sp³-hybridized carbons (Fsp3) is 0.594. The van der Waals surface area contributed by atoms with Crippen LogP contribution in [0.3, 0.4) is 0 Å². The third-order valence-corrected chi connectivity index (χ3v) is 5.48. The average Bonchev–Trinajstić information content (AvgIpc) is 3.07. The van der Waals surface area contributed by atoms with Crippen LogP contribution in [0.25, 0.3) is 0 Å². The molecule has 2 aromatic rings. The van der Waals surface area contributed by atoms with Gasteiger partial charge in [-0.3, -0.25) is 10.0 Å². The summed E-state index contributed by atoms with van der Waals surface area (Å²) in [7, 11) is 0. The van der Waals surface area contributed by atoms with Crippen LogP contribution in [-0.2, 0) is 4.79 Å². The summed E-state index contributed by atoms with van der Waals surface area (Å²) in [5, 5.41) is 33.7. The lowest BCUT2D eigenvalue weighted by atomic mass is 10.2. The minimum atomic E-state index is -5.08. The van der Waals surface area contributed by atoms with E-state index in [9.17, 15) is 22.8 Å². The largest absolute Gasteiger partial charge is 0.490 e. The van der Waals surface area contributed by atoms with Crippen molar-refractivity contribution in [2.75, 3.05) is 29.7 Å². The molecule has 5 N–H and O–H groups in total. The summed E-state index contributed by atoms with van der Waals surface area (Å²) in [6.07, 6.45) is 0.718. The molecule has 0 bridgehead atoms. The quantitative estimate of drug-likeness (QED) is 0.166. The van der Waals surface area contributed by atoms with Gasteiger partial charge in [-0.25, -0.2) is 35.2 Å². The van der Waals surface area contributed by atoms with E-state index in [2.05, 4.69) is 48.3 Å². The number of aliphatic carboxylic acids is 1. The number of hydrogen-bond acceptors (Lipinski definition) is 11. The molecule has 0 aliphatic rings. The predicted octanol–water partition coefficient (Wildman–Crippen LogP) is 5.31. The van der Waals surface area contributed by atoms with E-state index in [1.54, 1.807) is 22.2 Å². The Morgan fingerprint density at radius 1 is 0.824 bits per heavy atom. The lowest BCUT2D eigenvalue weighted by Crippen LogP contribution is -2.51. The molecule has 284 valence electrons. The van der Waals surface area contributed by atoms with Gasteiger partial charge in [-0.15, -0.1) is 0 Å². The molecule has 0 saturated heterocycles. The first-order valence-corrected chi connectivity index (χ1v) is 16.4. The SMILES string of the molecule is CC.CCCC(C)NC(=O)NN(CC(C)C)c1ccnc(C#N)n1.CCCNC(=O)NN(CC(C)C)c1ccnc(C#N)n1.O=C(O)C(F)(F)F. The molecule has 0 aliphatic heterocycles. The third kappa shape index (κ3) is 22.7. The van der Waals surface area contributed by atoms with Gasteiger partial charge >= 0.3 is 24.2 Å². The molecule has 2 rings (SSSR count). The van der Waals surface area contributed by atoms with Gasteiger partial charge in [0.15, 0.2) is 11.6 Å². The van der Waals surface area contributed by atoms with Crippen molar-refractivity contribution in [3.05, 3.63) is 36.2 Å². The van der Waals surface area contributed by atoms with Gasteiger partial charge < -0.3 is 15.7 Å². The normalized spacial score (nSPS) is 10.6. The fourth-order valence-electron chi connectivity index (χ4n) is 3.51. The second kappa shape index (κ2) is 26.4. The molecule has 16 nitrogen and oxygen atoms in total. The molecule has 1 atom stereocenters. The number of carbonyl (C=O) groups excluding carboxylic acids is 2. The lowest BCUT2D eigenvalue weighted by Gasteiger charge is -2.26. The smallest absolute Gasteiger partial charge is 0.475 e. The summed E-state index contributed by atoms with van der Waals surface area (Å²) in [5.74, 6) is -0.973. The Morgan fingerprint density at radius 2 is 1.24 bits per heavy atom. The van der Waals surface area contributed by atoms with Crippen molar-refractivity contribution >= 4 is 29.7 Å². The van der Waals surface area contributed by atoms with Crippen LogP contribution in [0.5, 0.6) is 0 Å². The minimum absolute atomic E-state index is 0.0759. The van der Waals surface area contributed by atoms with Crippen molar-refractivity contribution in [2.24, 2.45) is 11.8 Å². The van der Waals surface area contributed by atoms with Crippen LogP contribution in [0, 0.1) is 34.5 Å². The number of carboxylic acids is 1. The molecule has 0 fully saturated rings. The molecule has 1 unspecified atom stereocenters. The van der Waals surface area contributed by atoms with Gasteiger partial charge in [0.1, 0.15) is 12.1 Å². The minimum Gasteiger partial charge on any atom is -0.475 e. The summed E-state index contributed by atoms with van der Waals surface area (Å²) in [5.41, 5.74) is 5.52. The van der Waals surface area contributed by atoms with E-state index in [1.165, 1.54) is 12.4 Å². The van der Waals surface area contributed by atoms with E-state index in [4.69, 9.17) is 20.4 Å². The molecule has 0 radical (unpaired) electrons. The number of hydrazine groups is 2. The molecule has 0 aliphatic carbocycles. The number of aromatic nitrogens is 4. The van der Waals surface area contributed by atoms with Crippen LogP contribution in [-0.4, -0.2) is 74.9 Å². The monoisotopic (exact) mass is 724 g/mol. The molecule has 4 amide bonds. The van der Waals surface area contributed by atoms with E-state index in [1.807, 2.05) is 67.5 Å². The van der Waals surface area contributed by atoms with Gasteiger partial charge in [0.25, 0.3) is 0 Å². The molecule has 0 saturated carbocycles. The number of nitrogens with one attached hydrogen (secondary N) is 4. The van der Waals surface area contributed by atoms with Crippen LogP contribution in [0.1, 0.15) is 93.2 Å². The van der Waals surface area contributed by atoms with Crippen molar-refractivity contribution in [2.45, 2.75) is 93.8 Å². The van der Waals surface area contributed by atoms with Crippen molar-refractivity contribution < 1.29 is 32.7 Å². The number of alkyl halides is 3. The Balaban J connectivity index is 0. The van der Waals surface area contributed by atoms with Crippen molar-refractivity contribution in [3.63, 3.8) is 0 Å². The number of halogens is 3. The van der Waals surface area contributed by atoms with Crippen LogP contribution in [0.15, 0.2) is 24.5 Å². The van der Waals surface area contributed by atoms with Crippen molar-refractivity contribution in [1.82, 2.24) is 41.4 Å². The van der Waals surface area contributed by atoms with E-state index < -0.39 is 12.1 Å². The van der Waals surface area contributed by atoms with Gasteiger partial charge in [-0.1, -0.05) is 61.8 Å². The van der Waals surface area contributed by atoms with Crippen LogP contribution < -0.4 is 31.5 Å². The van der Waals surface area contributed by atoms with Crippen LogP contribution in [0.4, 0.5) is 34.4 Å². The number of hydrogen-bond donors (Lipinski definition) is 5. The van der Waals surface area contributed by atoms with E-state index in [0.717, 1.165) is 19.3 Å². The highest BCUT2D eigenvalue weighted by Gasteiger charge is 2.38. The Hall–Kier alpha value is -5.46. The van der Waals surface area contributed by atoms with E-state index in [-0.39, 0.29) is 29.8 Å². The van der Waals surface area contributed by atoms with Gasteiger partial charge in [0.05, 0.1) is 0 Å². The van der Waals surface area contributed by atoms with Crippen LogP contribution >= 0.6 is 0 Å². The Morgan fingerprint density at radius 3 is 1.57 bits per heavy atom. The second-order valence-electron chi connectivity index (χ2n) is 11.2. The van der Waals surface area contributed by atoms with Crippen molar-refractivity contribution in [1.29, 1.82) is 10.5 Å². The highest BCUT2D eigenvalue weighted by molar-refractivity contribution is 5.76. The van der Waals surface area contributed by atoms with Gasteiger partial charge in [-0.2, -0.15) is 33.7 Å². The molecule has 0 aromatic carbocycles. The highest BCUT2D eigenvalue weighted by Crippen LogP contribution is 2.13. The molecular weight excluding hydrogens is 673 g/mol. The number of rotatable bonds is 13. The third-order valence-electron chi connectivity index (χ3n) is 5.48. The Bertz CT molecular complexity index is 1400. The first kappa shape index (κ1) is 47.7. The van der Waals surface area contributed by atoms with Gasteiger partial charge in [-0.05, 0) is 31.6 Å². The first-order chi connectivity index (χ1) is 24.0. The first-order valence-electron chi connectivity index (χ1n) is 16.4. The summed E-state index contributed by atoms with van der Waals surface area (Å²) >= 11 is 0. The van der Waals surface area contributed by atoms with Crippen LogP contribution in [0.2, 0.25) is 0 Å². The summed E-state index contributed by atoms with van der Waals surface area (Å²) in [4.78, 5) is 48.6. The zero-order valence-corrected chi connectivity index (χ0v) is 30.7. The van der Waals surface area contributed by atoms with E-state index >= 15 is 0 Å². The maximum atomic E-state index is 12.1. The number of carbonyl (C=O) groups is 3. The number of anilines is 2.